The lowest BCUT2D eigenvalue weighted by Crippen LogP contribution is -2.93. The van der Waals surface area contributed by atoms with E-state index in [-0.39, 0.29) is 14.2 Å². The number of benzene rings is 2. The molecule has 0 N–H and O–H groups in total. The Hall–Kier alpha value is -1.48. The van der Waals surface area contributed by atoms with Crippen molar-refractivity contribution >= 4 is 42.1 Å². The molecule has 0 saturated carbocycles. The second-order valence-corrected chi connectivity index (χ2v) is 26.8. The summed E-state index contributed by atoms with van der Waals surface area (Å²) in [7, 11) is -3.33. The average Bonchev–Trinajstić information content (AvgIpc) is 2.85. The summed E-state index contributed by atoms with van der Waals surface area (Å²) in [4.78, 5) is 0. The third-order valence-corrected chi connectivity index (χ3v) is 13.9. The van der Waals surface area contributed by atoms with Crippen LogP contribution in [0.1, 0.15) is 129 Å². The van der Waals surface area contributed by atoms with E-state index in [2.05, 4.69) is 177 Å². The zero-order valence-corrected chi connectivity index (χ0v) is 33.9. The summed E-state index contributed by atoms with van der Waals surface area (Å²) in [6.45, 7) is 44.0. The average molecular weight is 633 g/mol. The fraction of sp³-hybridized carbons (Fsp3) is 0.667. The number of rotatable bonds is 12. The zero-order valence-electron chi connectivity index (χ0n) is 31.9. The molecular weight excluding hydrogens is 566 g/mol. The van der Waals surface area contributed by atoms with Gasteiger partial charge in [0.2, 0.25) is 0 Å². The molecule has 0 aliphatic carbocycles. The van der Waals surface area contributed by atoms with E-state index in [9.17, 15) is 0 Å². The van der Waals surface area contributed by atoms with Crippen LogP contribution < -0.4 is 9.44 Å². The molecule has 244 valence electrons. The number of hydrogen-bond acceptors (Lipinski definition) is 4. The number of para-hydroxylation sites is 2. The summed E-state index contributed by atoms with van der Waals surface area (Å²) in [5, 5.41) is 0. The fourth-order valence-electron chi connectivity index (χ4n) is 7.83. The van der Waals surface area contributed by atoms with Crippen LogP contribution in [0.2, 0.25) is 39.3 Å². The molecule has 2 aromatic carbocycles. The van der Waals surface area contributed by atoms with Gasteiger partial charge in [-0.1, -0.05) is 159 Å². The van der Waals surface area contributed by atoms with Crippen LogP contribution in [0.4, 0.5) is 11.4 Å². The van der Waals surface area contributed by atoms with Crippen LogP contribution >= 0.6 is 0 Å². The molecule has 0 spiro atoms. The van der Waals surface area contributed by atoms with E-state index in [0.29, 0.717) is 35.8 Å². The van der Waals surface area contributed by atoms with E-state index in [1.807, 2.05) is 0 Å². The van der Waals surface area contributed by atoms with Gasteiger partial charge in [0.05, 0.1) is 0 Å². The first-order chi connectivity index (χ1) is 20.1. The van der Waals surface area contributed by atoms with Gasteiger partial charge < -0.3 is 18.4 Å². The van der Waals surface area contributed by atoms with Gasteiger partial charge in [0.15, 0.2) is 0 Å². The second-order valence-electron chi connectivity index (χ2n) is 17.0. The molecule has 0 amide bonds. The van der Waals surface area contributed by atoms with Crippen LogP contribution in [-0.4, -0.2) is 51.7 Å². The lowest BCUT2D eigenvalue weighted by Gasteiger charge is -2.66. The summed E-state index contributed by atoms with van der Waals surface area (Å²) < 4.78 is 11.7. The van der Waals surface area contributed by atoms with Crippen molar-refractivity contribution in [2.45, 2.75) is 158 Å². The highest BCUT2D eigenvalue weighted by molar-refractivity contribution is 7.09. The zero-order chi connectivity index (χ0) is 33.6. The van der Waals surface area contributed by atoms with Gasteiger partial charge in [0.25, 0.3) is 0 Å². The lowest BCUT2D eigenvalue weighted by molar-refractivity contribution is 0.484. The monoisotopic (exact) mass is 633 g/mol. The van der Waals surface area contributed by atoms with Crippen molar-refractivity contribution in [3.8, 4) is 0 Å². The Kier molecular flexibility index (Phi) is 11.5. The highest BCUT2D eigenvalue weighted by Crippen LogP contribution is 2.48. The van der Waals surface area contributed by atoms with Crippen LogP contribution in [-0.2, 0) is 0 Å². The first-order valence-corrected chi connectivity index (χ1v) is 24.4. The molecule has 1 heterocycles. The molecule has 2 aromatic rings. The first-order valence-electron chi connectivity index (χ1n) is 17.5. The van der Waals surface area contributed by atoms with Gasteiger partial charge >= 0.3 is 14.2 Å². The van der Waals surface area contributed by atoms with Gasteiger partial charge in [-0.05, 0) is 58.0 Å². The standard InChI is InChI=1S/C36H66B2N4Si2/c1-25(2)31-21-19-22-32(26(3)4)35(31)39-37(41(29(9)10)43(13,14)15)40(38(39)42(30(11)12)44(16,17)18)36-33(27(5)6)23-20-24-34(36)28(7)8/h19-30H,1-18H3. The third kappa shape index (κ3) is 7.09. The molecule has 0 unspecified atom stereocenters. The molecule has 0 bridgehead atoms. The Morgan fingerprint density at radius 3 is 0.841 bits per heavy atom. The Labute approximate surface area is 276 Å². The normalized spacial score (nSPS) is 15.1. The van der Waals surface area contributed by atoms with Gasteiger partial charge in [0.1, 0.15) is 16.5 Å². The Morgan fingerprint density at radius 1 is 0.455 bits per heavy atom. The van der Waals surface area contributed by atoms with Crippen molar-refractivity contribution in [3.05, 3.63) is 58.7 Å². The van der Waals surface area contributed by atoms with Crippen molar-refractivity contribution in [2.75, 3.05) is 9.44 Å². The van der Waals surface area contributed by atoms with Crippen LogP contribution in [0.25, 0.3) is 0 Å². The highest BCUT2D eigenvalue weighted by atomic mass is 28.3. The fourth-order valence-corrected chi connectivity index (χ4v) is 12.8. The van der Waals surface area contributed by atoms with Gasteiger partial charge in [0, 0.05) is 11.4 Å². The molecule has 1 aliphatic rings. The van der Waals surface area contributed by atoms with Crippen molar-refractivity contribution in [1.82, 2.24) is 8.95 Å². The molecular formula is C36H66B2N4Si2. The predicted molar refractivity (Wildman–Crippen MR) is 206 cm³/mol. The van der Waals surface area contributed by atoms with E-state index in [1.54, 1.807) is 0 Å². The van der Waals surface area contributed by atoms with E-state index in [1.165, 1.54) is 33.6 Å². The van der Waals surface area contributed by atoms with Gasteiger partial charge in [-0.2, -0.15) is 0 Å². The smallest absolute Gasteiger partial charge is 0.396 e. The minimum absolute atomic E-state index is 0.138. The van der Waals surface area contributed by atoms with E-state index >= 15 is 0 Å². The Balaban J connectivity index is 2.61. The van der Waals surface area contributed by atoms with Crippen molar-refractivity contribution in [3.63, 3.8) is 0 Å². The summed E-state index contributed by atoms with van der Waals surface area (Å²) >= 11 is 0. The van der Waals surface area contributed by atoms with Gasteiger partial charge in [-0.25, -0.2) is 0 Å². The predicted octanol–water partition coefficient (Wildman–Crippen LogP) is 10.6. The molecule has 1 aliphatic heterocycles. The van der Waals surface area contributed by atoms with Crippen molar-refractivity contribution in [2.24, 2.45) is 0 Å². The summed E-state index contributed by atoms with van der Waals surface area (Å²) in [6, 6.07) is 15.1. The number of nitrogens with zero attached hydrogens (tertiary/aromatic N) is 4. The molecule has 4 nitrogen and oxygen atoms in total. The third-order valence-electron chi connectivity index (χ3n) is 9.36. The van der Waals surface area contributed by atoms with Crippen LogP contribution in [0.15, 0.2) is 36.4 Å². The SMILES string of the molecule is CC(C)c1cccc(C(C)C)c1N1B(N(C(C)C)[Si](C)(C)C)N(c2c(C(C)C)cccc2C(C)C)B1N(C(C)C)[Si](C)(C)C. The topological polar surface area (TPSA) is 13.0 Å². The molecule has 3 rings (SSSR count). The van der Waals surface area contributed by atoms with Crippen molar-refractivity contribution in [1.29, 1.82) is 0 Å². The second kappa shape index (κ2) is 13.7. The molecule has 1 fully saturated rings. The largest absolute Gasteiger partial charge is 0.443 e. The minimum Gasteiger partial charge on any atom is -0.396 e. The van der Waals surface area contributed by atoms with Crippen LogP contribution in [0, 0.1) is 0 Å². The number of hydrogen-bond donors (Lipinski definition) is 0. The maximum absolute atomic E-state index is 2.93. The summed E-state index contributed by atoms with van der Waals surface area (Å²) in [5.41, 5.74) is 8.86. The molecule has 1 saturated heterocycles. The van der Waals surface area contributed by atoms with Crippen LogP contribution in [0.5, 0.6) is 0 Å². The molecule has 44 heavy (non-hydrogen) atoms. The molecule has 0 aromatic heterocycles. The first kappa shape index (κ1) is 37.0. The van der Waals surface area contributed by atoms with E-state index in [0.717, 1.165) is 0 Å². The van der Waals surface area contributed by atoms with E-state index in [4.69, 9.17) is 0 Å². The Bertz CT molecular complexity index is 1110. The maximum Gasteiger partial charge on any atom is 0.443 e. The highest BCUT2D eigenvalue weighted by Gasteiger charge is 2.65. The minimum atomic E-state index is -1.80. The van der Waals surface area contributed by atoms with Crippen molar-refractivity contribution < 1.29 is 0 Å². The number of anilines is 2. The summed E-state index contributed by atoms with van der Waals surface area (Å²) in [5.74, 6) is 1.75. The molecule has 0 atom stereocenters. The molecule has 0 radical (unpaired) electrons. The van der Waals surface area contributed by atoms with E-state index < -0.39 is 16.5 Å². The maximum atomic E-state index is 2.93. The van der Waals surface area contributed by atoms with Gasteiger partial charge in [-0.3, -0.25) is 0 Å². The quantitative estimate of drug-likeness (QED) is 0.216. The summed E-state index contributed by atoms with van der Waals surface area (Å²) in [6.07, 6.45) is 0. The van der Waals surface area contributed by atoms with Crippen LogP contribution in [0.3, 0.4) is 0 Å². The molecule has 8 heteroatoms. The lowest BCUT2D eigenvalue weighted by atomic mass is 9.52. The van der Waals surface area contributed by atoms with Gasteiger partial charge in [-0.15, -0.1) is 0 Å². The Morgan fingerprint density at radius 2 is 0.682 bits per heavy atom.